The molecule has 0 amide bonds. The lowest BCUT2D eigenvalue weighted by molar-refractivity contribution is -0.248. The molecule has 2 atom stereocenters. The normalized spacial score (nSPS) is 18.0. The molecule has 0 aliphatic rings. The van der Waals surface area contributed by atoms with Crippen LogP contribution in [0.15, 0.2) is 0 Å². The van der Waals surface area contributed by atoms with Gasteiger partial charge in [-0.05, 0) is 6.92 Å². The molecule has 86 valence electrons. The summed E-state index contributed by atoms with van der Waals surface area (Å²) in [6.45, 7) is 0.984. The third kappa shape index (κ3) is 3.73. The van der Waals surface area contributed by atoms with Crippen molar-refractivity contribution in [1.29, 1.82) is 0 Å². The molecule has 2 unspecified atom stereocenters. The van der Waals surface area contributed by atoms with Gasteiger partial charge < -0.3 is 4.74 Å². The molecule has 0 aromatic rings. The van der Waals surface area contributed by atoms with Crippen molar-refractivity contribution in [2.24, 2.45) is 0 Å². The minimum atomic E-state index is -5.33. The second kappa shape index (κ2) is 4.37. The molecule has 0 saturated carbocycles. The first-order chi connectivity index (χ1) is 6.10. The average molecular weight is 224 g/mol. The molecule has 1 nitrogen and oxygen atoms in total. The zero-order valence-electron chi connectivity index (χ0n) is 7.54. The van der Waals surface area contributed by atoms with Gasteiger partial charge in [-0.25, -0.2) is 13.2 Å². The summed E-state index contributed by atoms with van der Waals surface area (Å²) in [7, 11) is 0. The van der Waals surface area contributed by atoms with E-state index in [9.17, 15) is 26.3 Å². The van der Waals surface area contributed by atoms with Crippen LogP contribution >= 0.6 is 0 Å². The summed E-state index contributed by atoms with van der Waals surface area (Å²) in [5.74, 6) is -3.87. The van der Waals surface area contributed by atoms with E-state index in [0.29, 0.717) is 0 Å². The number of halogens is 6. The average Bonchev–Trinajstić information content (AvgIpc) is 1.94. The van der Waals surface area contributed by atoms with Gasteiger partial charge in [-0.15, -0.1) is 0 Å². The van der Waals surface area contributed by atoms with Crippen LogP contribution in [-0.4, -0.2) is 31.0 Å². The van der Waals surface area contributed by atoms with E-state index in [2.05, 4.69) is 4.74 Å². The fourth-order valence-electron chi connectivity index (χ4n) is 0.839. The van der Waals surface area contributed by atoms with Gasteiger partial charge in [-0.1, -0.05) is 0 Å². The van der Waals surface area contributed by atoms with Crippen molar-refractivity contribution in [3.63, 3.8) is 0 Å². The molecular weight excluding hydrogens is 214 g/mol. The van der Waals surface area contributed by atoms with Gasteiger partial charge in [0, 0.05) is 13.5 Å². The topological polar surface area (TPSA) is 9.23 Å². The lowest BCUT2D eigenvalue weighted by Crippen LogP contribution is -2.47. The maximum Gasteiger partial charge on any atom is 0.422 e. The Balaban J connectivity index is 4.67. The fraction of sp³-hybridized carbons (Fsp3) is 1.00. The van der Waals surface area contributed by atoms with Crippen molar-refractivity contribution in [1.82, 2.24) is 0 Å². The van der Waals surface area contributed by atoms with Gasteiger partial charge in [0.05, 0.1) is 0 Å². The highest BCUT2D eigenvalue weighted by Crippen LogP contribution is 2.34. The molecule has 0 radical (unpaired) electrons. The SMILES string of the molecule is CCOC(C(F)C(F)(F)F)C(C)(F)F. The maximum absolute atomic E-state index is 12.5. The molecule has 0 N–H and O–H groups in total. The standard InChI is InChI=1S/C7H10F6O/c1-3-14-5(6(2,9)10)4(8)7(11,12)13/h4-5H,3H2,1-2H3. The van der Waals surface area contributed by atoms with Gasteiger partial charge in [0.1, 0.15) is 0 Å². The van der Waals surface area contributed by atoms with Crippen molar-refractivity contribution in [3.8, 4) is 0 Å². The van der Waals surface area contributed by atoms with Crippen molar-refractivity contribution in [2.45, 2.75) is 38.2 Å². The molecule has 14 heavy (non-hydrogen) atoms. The Kier molecular flexibility index (Phi) is 4.23. The molecule has 0 aliphatic carbocycles. The molecule has 0 aromatic carbocycles. The highest BCUT2D eigenvalue weighted by molar-refractivity contribution is 4.85. The quantitative estimate of drug-likeness (QED) is 0.667. The van der Waals surface area contributed by atoms with E-state index in [4.69, 9.17) is 0 Å². The molecule has 0 aliphatic heterocycles. The molecule has 0 heterocycles. The van der Waals surface area contributed by atoms with E-state index < -0.39 is 31.0 Å². The van der Waals surface area contributed by atoms with E-state index >= 15 is 0 Å². The molecule has 0 bridgehead atoms. The summed E-state index contributed by atoms with van der Waals surface area (Å²) < 4.78 is 76.8. The molecule has 0 spiro atoms. The molecule has 0 aromatic heterocycles. The van der Waals surface area contributed by atoms with Crippen LogP contribution in [-0.2, 0) is 4.74 Å². The third-order valence-corrected chi connectivity index (χ3v) is 1.42. The number of hydrogen-bond acceptors (Lipinski definition) is 1. The first-order valence-electron chi connectivity index (χ1n) is 3.81. The van der Waals surface area contributed by atoms with Gasteiger partial charge in [0.2, 0.25) is 6.17 Å². The van der Waals surface area contributed by atoms with E-state index in [1.165, 1.54) is 6.92 Å². The summed E-state index contributed by atoms with van der Waals surface area (Å²) in [5.41, 5.74) is 0. The lowest BCUT2D eigenvalue weighted by Gasteiger charge is -2.27. The largest absolute Gasteiger partial charge is 0.422 e. The van der Waals surface area contributed by atoms with Gasteiger partial charge in [-0.3, -0.25) is 0 Å². The van der Waals surface area contributed by atoms with E-state index in [1.54, 1.807) is 0 Å². The van der Waals surface area contributed by atoms with E-state index in [0.717, 1.165) is 0 Å². The minimum absolute atomic E-state index is 0.186. The monoisotopic (exact) mass is 224 g/mol. The Hall–Kier alpha value is -0.460. The second-order valence-electron chi connectivity index (χ2n) is 2.78. The fourth-order valence-corrected chi connectivity index (χ4v) is 0.839. The van der Waals surface area contributed by atoms with E-state index in [1.807, 2.05) is 0 Å². The molecule has 0 saturated heterocycles. The summed E-state index contributed by atoms with van der Waals surface area (Å²) in [6.07, 6.45) is -11.8. The van der Waals surface area contributed by atoms with Gasteiger partial charge in [0.25, 0.3) is 5.92 Å². The number of alkyl halides is 6. The number of rotatable bonds is 4. The predicted octanol–water partition coefficient (Wildman–Crippen LogP) is 2.95. The molecule has 7 heteroatoms. The minimum Gasteiger partial charge on any atom is -0.369 e. The highest BCUT2D eigenvalue weighted by atomic mass is 19.4. The van der Waals surface area contributed by atoms with Crippen LogP contribution in [0.25, 0.3) is 0 Å². The van der Waals surface area contributed by atoms with E-state index in [-0.39, 0.29) is 6.92 Å². The van der Waals surface area contributed by atoms with Gasteiger partial charge in [0.15, 0.2) is 6.10 Å². The van der Waals surface area contributed by atoms with Gasteiger partial charge >= 0.3 is 6.18 Å². The summed E-state index contributed by atoms with van der Waals surface area (Å²) in [6, 6.07) is 0. The number of ether oxygens (including phenoxy) is 1. The van der Waals surface area contributed by atoms with Crippen molar-refractivity contribution in [2.75, 3.05) is 6.61 Å². The summed E-state index contributed by atoms with van der Waals surface area (Å²) in [4.78, 5) is 0. The Bertz CT molecular complexity index is 172. The maximum atomic E-state index is 12.5. The Morgan fingerprint density at radius 2 is 1.57 bits per heavy atom. The third-order valence-electron chi connectivity index (χ3n) is 1.42. The summed E-state index contributed by atoms with van der Waals surface area (Å²) in [5, 5.41) is 0. The molecule has 0 fully saturated rings. The van der Waals surface area contributed by atoms with Crippen molar-refractivity contribution < 1.29 is 31.1 Å². The zero-order chi connectivity index (χ0) is 11.6. The Morgan fingerprint density at radius 1 is 1.14 bits per heavy atom. The summed E-state index contributed by atoms with van der Waals surface area (Å²) >= 11 is 0. The molecular formula is C7H10F6O. The zero-order valence-corrected chi connectivity index (χ0v) is 7.54. The van der Waals surface area contributed by atoms with Gasteiger partial charge in [-0.2, -0.15) is 13.2 Å². The van der Waals surface area contributed by atoms with Crippen LogP contribution in [0.1, 0.15) is 13.8 Å². The lowest BCUT2D eigenvalue weighted by atomic mass is 10.1. The predicted molar refractivity (Wildman–Crippen MR) is 37.0 cm³/mol. The van der Waals surface area contributed by atoms with Crippen LogP contribution in [0.2, 0.25) is 0 Å². The highest BCUT2D eigenvalue weighted by Gasteiger charge is 2.54. The first kappa shape index (κ1) is 13.5. The van der Waals surface area contributed by atoms with Crippen LogP contribution < -0.4 is 0 Å². The second-order valence-corrected chi connectivity index (χ2v) is 2.78. The van der Waals surface area contributed by atoms with Crippen molar-refractivity contribution >= 4 is 0 Å². The van der Waals surface area contributed by atoms with Crippen LogP contribution in [0.4, 0.5) is 26.3 Å². The first-order valence-corrected chi connectivity index (χ1v) is 3.81. The van der Waals surface area contributed by atoms with Crippen molar-refractivity contribution in [3.05, 3.63) is 0 Å². The Morgan fingerprint density at radius 3 is 1.79 bits per heavy atom. The molecule has 0 rings (SSSR count). The Labute approximate surface area is 77.0 Å². The van der Waals surface area contributed by atoms with Crippen LogP contribution in [0.5, 0.6) is 0 Å². The smallest absolute Gasteiger partial charge is 0.369 e. The number of hydrogen-bond donors (Lipinski definition) is 0. The van der Waals surface area contributed by atoms with Crippen LogP contribution in [0.3, 0.4) is 0 Å². The van der Waals surface area contributed by atoms with Crippen LogP contribution in [0, 0.1) is 0 Å².